The van der Waals surface area contributed by atoms with Gasteiger partial charge in [0, 0.05) is 22.4 Å². The summed E-state index contributed by atoms with van der Waals surface area (Å²) in [6, 6.07) is 0. The van der Waals surface area contributed by atoms with Crippen LogP contribution in [0.3, 0.4) is 0 Å². The van der Waals surface area contributed by atoms with Crippen LogP contribution < -0.4 is 0 Å². The van der Waals surface area contributed by atoms with Crippen molar-refractivity contribution in [2.45, 2.75) is 74.2 Å². The molecule has 0 amide bonds. The summed E-state index contributed by atoms with van der Waals surface area (Å²) in [7, 11) is 0. The SMILES string of the molecule is CCCOC1CCC2C(C1)SC1C(S)C(C)CCC21. The minimum atomic E-state index is 0.546. The van der Waals surface area contributed by atoms with E-state index in [-0.39, 0.29) is 0 Å². The molecule has 1 heterocycles. The Balaban J connectivity index is 1.62. The maximum atomic E-state index is 6.01. The van der Waals surface area contributed by atoms with Crippen LogP contribution >= 0.6 is 24.4 Å². The van der Waals surface area contributed by atoms with Crippen molar-refractivity contribution >= 4 is 24.4 Å². The van der Waals surface area contributed by atoms with E-state index < -0.39 is 0 Å². The van der Waals surface area contributed by atoms with Crippen LogP contribution in [-0.4, -0.2) is 28.5 Å². The Hall–Kier alpha value is 0.660. The van der Waals surface area contributed by atoms with Gasteiger partial charge in [-0.25, -0.2) is 0 Å². The Kier molecular flexibility index (Phi) is 4.75. The van der Waals surface area contributed by atoms with E-state index in [4.69, 9.17) is 17.4 Å². The Morgan fingerprint density at radius 2 is 1.95 bits per heavy atom. The van der Waals surface area contributed by atoms with Crippen LogP contribution in [0, 0.1) is 17.8 Å². The highest BCUT2D eigenvalue weighted by atomic mass is 32.2. The predicted octanol–water partition coefficient (Wildman–Crippen LogP) is 4.41. The van der Waals surface area contributed by atoms with Gasteiger partial charge in [0.2, 0.25) is 0 Å². The number of hydrogen-bond acceptors (Lipinski definition) is 3. The molecule has 0 aromatic rings. The van der Waals surface area contributed by atoms with Gasteiger partial charge in [-0.1, -0.05) is 13.8 Å². The van der Waals surface area contributed by atoms with Crippen molar-refractivity contribution in [1.29, 1.82) is 0 Å². The van der Waals surface area contributed by atoms with Crippen LogP contribution in [0.1, 0.15) is 52.4 Å². The highest BCUT2D eigenvalue weighted by molar-refractivity contribution is 8.01. The van der Waals surface area contributed by atoms with E-state index in [1.54, 1.807) is 0 Å². The number of thiol groups is 1. The number of ether oxygens (including phenoxy) is 1. The molecule has 3 rings (SSSR count). The summed E-state index contributed by atoms with van der Waals surface area (Å²) in [6.45, 7) is 5.55. The van der Waals surface area contributed by atoms with Gasteiger partial charge < -0.3 is 4.74 Å². The molecule has 1 nitrogen and oxygen atoms in total. The van der Waals surface area contributed by atoms with Crippen LogP contribution in [0.4, 0.5) is 0 Å². The summed E-state index contributed by atoms with van der Waals surface area (Å²) in [5.74, 6) is 2.74. The minimum absolute atomic E-state index is 0.546. The van der Waals surface area contributed by atoms with Gasteiger partial charge in [-0.3, -0.25) is 0 Å². The van der Waals surface area contributed by atoms with Gasteiger partial charge in [-0.15, -0.1) is 0 Å². The lowest BCUT2D eigenvalue weighted by Crippen LogP contribution is -2.38. The molecule has 2 saturated carbocycles. The van der Waals surface area contributed by atoms with Crippen molar-refractivity contribution in [3.05, 3.63) is 0 Å². The van der Waals surface area contributed by atoms with Gasteiger partial charge in [-0.2, -0.15) is 24.4 Å². The van der Waals surface area contributed by atoms with E-state index in [0.717, 1.165) is 41.3 Å². The fourth-order valence-corrected chi connectivity index (χ4v) is 7.23. The van der Waals surface area contributed by atoms with Crippen molar-refractivity contribution in [1.82, 2.24) is 0 Å². The lowest BCUT2D eigenvalue weighted by molar-refractivity contribution is 0.0148. The number of thioether (sulfide) groups is 1. The van der Waals surface area contributed by atoms with Crippen LogP contribution in [0.2, 0.25) is 0 Å². The predicted molar refractivity (Wildman–Crippen MR) is 87.2 cm³/mol. The lowest BCUT2D eigenvalue weighted by atomic mass is 9.70. The van der Waals surface area contributed by atoms with Gasteiger partial charge in [0.15, 0.2) is 0 Å². The topological polar surface area (TPSA) is 9.23 Å². The van der Waals surface area contributed by atoms with Gasteiger partial charge in [0.1, 0.15) is 0 Å². The van der Waals surface area contributed by atoms with Crippen LogP contribution in [0.5, 0.6) is 0 Å². The zero-order valence-electron chi connectivity index (χ0n) is 12.3. The molecule has 0 bridgehead atoms. The average molecular weight is 301 g/mol. The fourth-order valence-electron chi connectivity index (χ4n) is 4.41. The Bertz CT molecular complexity index is 309. The van der Waals surface area contributed by atoms with Gasteiger partial charge in [0.25, 0.3) is 0 Å². The molecule has 110 valence electrons. The standard InChI is InChI=1S/C16H28OS2/c1-3-8-17-11-5-7-12-13-6-4-10(2)15(18)16(13)19-14(12)9-11/h10-16,18H,3-9H2,1-2H3. The fraction of sp³-hybridized carbons (Fsp3) is 1.00. The molecule has 1 saturated heterocycles. The highest BCUT2D eigenvalue weighted by Crippen LogP contribution is 2.56. The molecule has 3 heteroatoms. The monoisotopic (exact) mass is 300 g/mol. The van der Waals surface area contributed by atoms with Crippen molar-refractivity contribution in [2.75, 3.05) is 6.61 Å². The molecule has 0 radical (unpaired) electrons. The van der Waals surface area contributed by atoms with E-state index in [1.807, 2.05) is 0 Å². The van der Waals surface area contributed by atoms with E-state index in [0.29, 0.717) is 11.4 Å². The first-order valence-electron chi connectivity index (χ1n) is 8.15. The largest absolute Gasteiger partial charge is 0.378 e. The second kappa shape index (κ2) is 6.19. The summed E-state index contributed by atoms with van der Waals surface area (Å²) in [5.41, 5.74) is 0. The average Bonchev–Trinajstić information content (AvgIpc) is 2.79. The molecule has 0 spiro atoms. The first-order valence-corrected chi connectivity index (χ1v) is 9.61. The molecule has 2 aliphatic carbocycles. The maximum Gasteiger partial charge on any atom is 0.0585 e. The number of rotatable bonds is 3. The van der Waals surface area contributed by atoms with Gasteiger partial charge >= 0.3 is 0 Å². The summed E-state index contributed by atoms with van der Waals surface area (Å²) >= 11 is 7.21. The third kappa shape index (κ3) is 2.85. The smallest absolute Gasteiger partial charge is 0.0585 e. The van der Waals surface area contributed by atoms with Crippen molar-refractivity contribution < 1.29 is 4.74 Å². The quantitative estimate of drug-likeness (QED) is 0.773. The second-order valence-electron chi connectivity index (χ2n) is 6.82. The Morgan fingerprint density at radius 3 is 2.74 bits per heavy atom. The molecule has 1 aliphatic heterocycles. The zero-order valence-corrected chi connectivity index (χ0v) is 14.0. The normalized spacial score (nSPS) is 49.7. The number of hydrogen-bond donors (Lipinski definition) is 1. The molecule has 0 aromatic carbocycles. The third-order valence-corrected chi connectivity index (χ3v) is 8.41. The molecule has 19 heavy (non-hydrogen) atoms. The van der Waals surface area contributed by atoms with Gasteiger partial charge in [0.05, 0.1) is 6.10 Å². The second-order valence-corrected chi connectivity index (χ2v) is 8.84. The summed E-state index contributed by atoms with van der Waals surface area (Å²) in [6.07, 6.45) is 8.56. The van der Waals surface area contributed by atoms with E-state index in [2.05, 4.69) is 25.6 Å². The van der Waals surface area contributed by atoms with Gasteiger partial charge in [-0.05, 0) is 56.3 Å². The minimum Gasteiger partial charge on any atom is -0.378 e. The summed E-state index contributed by atoms with van der Waals surface area (Å²) < 4.78 is 6.01. The molecule has 3 fully saturated rings. The Morgan fingerprint density at radius 1 is 1.16 bits per heavy atom. The Labute approximate surface area is 128 Å². The first kappa shape index (κ1) is 14.6. The van der Waals surface area contributed by atoms with Crippen LogP contribution in [0.15, 0.2) is 0 Å². The molecule has 3 aliphatic rings. The van der Waals surface area contributed by atoms with E-state index >= 15 is 0 Å². The zero-order chi connectivity index (χ0) is 13.4. The molecular formula is C16H28OS2. The van der Waals surface area contributed by atoms with Crippen molar-refractivity contribution in [3.63, 3.8) is 0 Å². The first-order chi connectivity index (χ1) is 9.20. The summed E-state index contributed by atoms with van der Waals surface area (Å²) in [4.78, 5) is 0. The molecule has 7 atom stereocenters. The molecule has 0 N–H and O–H groups in total. The molecule has 7 unspecified atom stereocenters. The van der Waals surface area contributed by atoms with E-state index in [1.165, 1.54) is 32.1 Å². The lowest BCUT2D eigenvalue weighted by Gasteiger charge is -2.38. The van der Waals surface area contributed by atoms with E-state index in [9.17, 15) is 0 Å². The van der Waals surface area contributed by atoms with Crippen LogP contribution in [0.25, 0.3) is 0 Å². The van der Waals surface area contributed by atoms with Crippen LogP contribution in [-0.2, 0) is 4.74 Å². The maximum absolute atomic E-state index is 6.01. The number of fused-ring (bicyclic) bond motifs is 3. The highest BCUT2D eigenvalue weighted by Gasteiger charge is 2.50. The van der Waals surface area contributed by atoms with Crippen molar-refractivity contribution in [2.24, 2.45) is 17.8 Å². The molecular weight excluding hydrogens is 272 g/mol. The summed E-state index contributed by atoms with van der Waals surface area (Å²) in [5, 5.41) is 2.32. The third-order valence-electron chi connectivity index (χ3n) is 5.53. The molecule has 0 aromatic heterocycles. The van der Waals surface area contributed by atoms with Crippen molar-refractivity contribution in [3.8, 4) is 0 Å².